The maximum Gasteiger partial charge on any atom is 0.313 e. The normalized spacial score (nSPS) is 25.6. The zero-order valence-corrected chi connectivity index (χ0v) is 11.6. The van der Waals surface area contributed by atoms with Crippen LogP contribution < -0.4 is 0 Å². The van der Waals surface area contributed by atoms with Crippen molar-refractivity contribution in [3.05, 3.63) is 0 Å². The Morgan fingerprint density at radius 1 is 1.29 bits per heavy atom. The largest absolute Gasteiger partial charge is 0.469 e. The lowest BCUT2D eigenvalue weighted by Crippen LogP contribution is -2.36. The lowest BCUT2D eigenvalue weighted by molar-refractivity contribution is -0.157. The third-order valence-electron chi connectivity index (χ3n) is 3.76. The molecule has 0 aliphatic heterocycles. The van der Waals surface area contributed by atoms with Gasteiger partial charge in [0.25, 0.3) is 0 Å². The summed E-state index contributed by atoms with van der Waals surface area (Å²) in [6, 6.07) is 0. The van der Waals surface area contributed by atoms with Gasteiger partial charge >= 0.3 is 5.97 Å². The average molecular weight is 242 g/mol. The van der Waals surface area contributed by atoms with E-state index in [1.165, 1.54) is 32.8 Å². The van der Waals surface area contributed by atoms with Crippen molar-refractivity contribution < 1.29 is 14.3 Å². The smallest absolute Gasteiger partial charge is 0.313 e. The fourth-order valence-electron chi connectivity index (χ4n) is 2.51. The molecule has 2 atom stereocenters. The number of rotatable bonds is 5. The summed E-state index contributed by atoms with van der Waals surface area (Å²) in [5.41, 5.74) is -0.537. The molecule has 0 radical (unpaired) electrons. The maximum atomic E-state index is 11.6. The van der Waals surface area contributed by atoms with Crippen LogP contribution in [0.3, 0.4) is 0 Å². The van der Waals surface area contributed by atoms with Crippen molar-refractivity contribution in [2.45, 2.75) is 59.0 Å². The molecule has 1 saturated carbocycles. The van der Waals surface area contributed by atoms with Gasteiger partial charge in [0.15, 0.2) is 0 Å². The SMILES string of the molecule is CCC1CCCCC1OCC(C)(C)C(=O)OC. The van der Waals surface area contributed by atoms with Crippen LogP contribution in [0.2, 0.25) is 0 Å². The topological polar surface area (TPSA) is 35.5 Å². The molecule has 2 unspecified atom stereocenters. The van der Waals surface area contributed by atoms with Gasteiger partial charge in [-0.2, -0.15) is 0 Å². The fraction of sp³-hybridized carbons (Fsp3) is 0.929. The van der Waals surface area contributed by atoms with Gasteiger partial charge in [0.05, 0.1) is 25.2 Å². The zero-order valence-electron chi connectivity index (χ0n) is 11.6. The Morgan fingerprint density at radius 3 is 2.53 bits per heavy atom. The highest BCUT2D eigenvalue weighted by atomic mass is 16.5. The Balaban J connectivity index is 2.45. The Labute approximate surface area is 105 Å². The van der Waals surface area contributed by atoms with E-state index < -0.39 is 5.41 Å². The summed E-state index contributed by atoms with van der Waals surface area (Å²) < 4.78 is 10.8. The molecule has 3 heteroatoms. The molecule has 0 aromatic rings. The second kappa shape index (κ2) is 6.39. The van der Waals surface area contributed by atoms with Gasteiger partial charge in [-0.3, -0.25) is 4.79 Å². The van der Waals surface area contributed by atoms with E-state index in [9.17, 15) is 4.79 Å². The highest BCUT2D eigenvalue weighted by Crippen LogP contribution is 2.30. The van der Waals surface area contributed by atoms with Gasteiger partial charge in [-0.25, -0.2) is 0 Å². The highest BCUT2D eigenvalue weighted by molar-refractivity contribution is 5.75. The summed E-state index contributed by atoms with van der Waals surface area (Å²) in [4.78, 5) is 11.6. The lowest BCUT2D eigenvalue weighted by atomic mass is 9.84. The Bertz CT molecular complexity index is 248. The molecule has 0 bridgehead atoms. The third kappa shape index (κ3) is 3.98. The van der Waals surface area contributed by atoms with Crippen LogP contribution >= 0.6 is 0 Å². The summed E-state index contributed by atoms with van der Waals surface area (Å²) in [7, 11) is 1.43. The van der Waals surface area contributed by atoms with Crippen LogP contribution in [0.5, 0.6) is 0 Å². The van der Waals surface area contributed by atoms with Gasteiger partial charge in [-0.1, -0.05) is 26.2 Å². The predicted octanol–water partition coefficient (Wildman–Crippen LogP) is 3.17. The van der Waals surface area contributed by atoms with E-state index in [2.05, 4.69) is 6.92 Å². The van der Waals surface area contributed by atoms with E-state index in [-0.39, 0.29) is 5.97 Å². The van der Waals surface area contributed by atoms with Gasteiger partial charge in [-0.05, 0) is 32.6 Å². The predicted molar refractivity (Wildman–Crippen MR) is 67.8 cm³/mol. The first-order valence-corrected chi connectivity index (χ1v) is 6.71. The summed E-state index contributed by atoms with van der Waals surface area (Å²) in [5.74, 6) is 0.471. The summed E-state index contributed by atoms with van der Waals surface area (Å²) in [6.45, 7) is 6.43. The molecule has 0 N–H and O–H groups in total. The minimum atomic E-state index is -0.537. The fourth-order valence-corrected chi connectivity index (χ4v) is 2.51. The van der Waals surface area contributed by atoms with Crippen molar-refractivity contribution in [2.24, 2.45) is 11.3 Å². The molecule has 0 aromatic carbocycles. The van der Waals surface area contributed by atoms with Crippen molar-refractivity contribution in [1.29, 1.82) is 0 Å². The van der Waals surface area contributed by atoms with E-state index in [0.29, 0.717) is 18.6 Å². The molecule has 1 rings (SSSR count). The van der Waals surface area contributed by atoms with E-state index >= 15 is 0 Å². The number of carbonyl (C=O) groups excluding carboxylic acids is 1. The third-order valence-corrected chi connectivity index (χ3v) is 3.76. The molecule has 0 amide bonds. The molecule has 100 valence electrons. The van der Waals surface area contributed by atoms with Crippen LogP contribution in [-0.2, 0) is 14.3 Å². The van der Waals surface area contributed by atoms with Crippen LogP contribution in [0.1, 0.15) is 52.9 Å². The van der Waals surface area contributed by atoms with Crippen LogP contribution in [0.4, 0.5) is 0 Å². The second-order valence-corrected chi connectivity index (χ2v) is 5.68. The first-order valence-electron chi connectivity index (χ1n) is 6.71. The number of hydrogen-bond donors (Lipinski definition) is 0. The summed E-state index contributed by atoms with van der Waals surface area (Å²) >= 11 is 0. The number of hydrogen-bond acceptors (Lipinski definition) is 3. The lowest BCUT2D eigenvalue weighted by Gasteiger charge is -2.33. The van der Waals surface area contributed by atoms with E-state index in [4.69, 9.17) is 9.47 Å². The van der Waals surface area contributed by atoms with Crippen LogP contribution in [0, 0.1) is 11.3 Å². The Kier molecular flexibility index (Phi) is 5.44. The monoisotopic (exact) mass is 242 g/mol. The second-order valence-electron chi connectivity index (χ2n) is 5.68. The van der Waals surface area contributed by atoms with Gasteiger partial charge < -0.3 is 9.47 Å². The number of esters is 1. The molecule has 1 aliphatic carbocycles. The summed E-state index contributed by atoms with van der Waals surface area (Å²) in [6.07, 6.45) is 6.47. The van der Waals surface area contributed by atoms with Crippen molar-refractivity contribution in [3.8, 4) is 0 Å². The molecule has 0 aromatic heterocycles. The molecule has 1 fully saturated rings. The van der Waals surface area contributed by atoms with Crippen molar-refractivity contribution in [3.63, 3.8) is 0 Å². The van der Waals surface area contributed by atoms with Gasteiger partial charge in [0.1, 0.15) is 0 Å². The first kappa shape index (κ1) is 14.5. The van der Waals surface area contributed by atoms with E-state index in [0.717, 1.165) is 6.42 Å². The highest BCUT2D eigenvalue weighted by Gasteiger charge is 2.32. The van der Waals surface area contributed by atoms with Crippen molar-refractivity contribution in [1.82, 2.24) is 0 Å². The minimum Gasteiger partial charge on any atom is -0.469 e. The summed E-state index contributed by atoms with van der Waals surface area (Å²) in [5, 5.41) is 0. The molecule has 0 heterocycles. The standard InChI is InChI=1S/C14H26O3/c1-5-11-8-6-7-9-12(11)17-10-14(2,3)13(15)16-4/h11-12H,5-10H2,1-4H3. The van der Waals surface area contributed by atoms with Gasteiger partial charge in [0, 0.05) is 0 Å². The van der Waals surface area contributed by atoms with Gasteiger partial charge in [0.2, 0.25) is 0 Å². The number of ether oxygens (including phenoxy) is 2. The molecule has 1 aliphatic rings. The van der Waals surface area contributed by atoms with E-state index in [1.54, 1.807) is 0 Å². The molecule has 0 spiro atoms. The van der Waals surface area contributed by atoms with Crippen LogP contribution in [-0.4, -0.2) is 25.8 Å². The number of carbonyl (C=O) groups is 1. The van der Waals surface area contributed by atoms with Crippen molar-refractivity contribution >= 4 is 5.97 Å². The molecular weight excluding hydrogens is 216 g/mol. The average Bonchev–Trinajstić information content (AvgIpc) is 2.35. The molecule has 0 saturated heterocycles. The maximum absolute atomic E-state index is 11.6. The Hall–Kier alpha value is -0.570. The van der Waals surface area contributed by atoms with Crippen molar-refractivity contribution in [2.75, 3.05) is 13.7 Å². The van der Waals surface area contributed by atoms with Gasteiger partial charge in [-0.15, -0.1) is 0 Å². The number of methoxy groups -OCH3 is 1. The van der Waals surface area contributed by atoms with Crippen LogP contribution in [0.15, 0.2) is 0 Å². The van der Waals surface area contributed by atoms with Crippen LogP contribution in [0.25, 0.3) is 0 Å². The first-order chi connectivity index (χ1) is 8.01. The van der Waals surface area contributed by atoms with E-state index in [1.807, 2.05) is 13.8 Å². The molecule has 3 nitrogen and oxygen atoms in total. The molecule has 17 heavy (non-hydrogen) atoms. The quantitative estimate of drug-likeness (QED) is 0.695. The minimum absolute atomic E-state index is 0.193. The Morgan fingerprint density at radius 2 is 1.94 bits per heavy atom. The molecular formula is C14H26O3. The zero-order chi connectivity index (χ0) is 12.9.